The molecule has 31 heavy (non-hydrogen) atoms. The van der Waals surface area contributed by atoms with Crippen LogP contribution in [0.2, 0.25) is 0 Å². The quantitative estimate of drug-likeness (QED) is 0.594. The fourth-order valence-electron chi connectivity index (χ4n) is 4.92. The molecule has 1 N–H and O–H groups in total. The third-order valence-corrected chi connectivity index (χ3v) is 7.05. The lowest BCUT2D eigenvalue weighted by Crippen LogP contribution is -2.58. The average molecular weight is 421 g/mol. The van der Waals surface area contributed by atoms with E-state index in [4.69, 9.17) is 0 Å². The van der Waals surface area contributed by atoms with Gasteiger partial charge in [-0.1, -0.05) is 69.3 Å². The molecule has 4 nitrogen and oxygen atoms in total. The summed E-state index contributed by atoms with van der Waals surface area (Å²) in [6.45, 7) is 11.2. The van der Waals surface area contributed by atoms with Gasteiger partial charge in [-0.3, -0.25) is 9.59 Å². The molecule has 2 aromatic rings. The van der Waals surface area contributed by atoms with Crippen LogP contribution in [0.5, 0.6) is 0 Å². The van der Waals surface area contributed by atoms with E-state index in [-0.39, 0.29) is 11.3 Å². The highest BCUT2D eigenvalue weighted by molar-refractivity contribution is 6.00. The number of carbonyl (C=O) groups is 2. The van der Waals surface area contributed by atoms with Crippen LogP contribution in [-0.4, -0.2) is 22.8 Å². The van der Waals surface area contributed by atoms with E-state index in [0.717, 1.165) is 41.6 Å². The summed E-state index contributed by atoms with van der Waals surface area (Å²) < 4.78 is 0. The van der Waals surface area contributed by atoms with Crippen LogP contribution in [0.3, 0.4) is 0 Å². The molecule has 3 rings (SSSR count). The van der Waals surface area contributed by atoms with E-state index in [1.54, 1.807) is 4.90 Å². The molecule has 0 bridgehead atoms. The molecule has 0 spiro atoms. The summed E-state index contributed by atoms with van der Waals surface area (Å²) in [5.74, 6) is 0.471. The maximum atomic E-state index is 13.8. The molecule has 0 atom stereocenters. The summed E-state index contributed by atoms with van der Waals surface area (Å²) in [5, 5.41) is 3.20. The third-order valence-electron chi connectivity index (χ3n) is 7.05. The van der Waals surface area contributed by atoms with E-state index in [0.29, 0.717) is 25.3 Å². The number of rotatable bonds is 6. The van der Waals surface area contributed by atoms with E-state index in [2.05, 4.69) is 26.1 Å². The van der Waals surface area contributed by atoms with Gasteiger partial charge in [-0.15, -0.1) is 0 Å². The van der Waals surface area contributed by atoms with Crippen molar-refractivity contribution < 1.29 is 9.59 Å². The van der Waals surface area contributed by atoms with Gasteiger partial charge in [-0.2, -0.15) is 0 Å². The Balaban J connectivity index is 1.94. The lowest BCUT2D eigenvalue weighted by Gasteiger charge is -2.47. The summed E-state index contributed by atoms with van der Waals surface area (Å²) in [4.78, 5) is 27.9. The summed E-state index contributed by atoms with van der Waals surface area (Å²) in [6.07, 6.45) is 4.09. The number of para-hydroxylation sites is 1. The van der Waals surface area contributed by atoms with Crippen LogP contribution in [0.1, 0.15) is 63.1 Å². The lowest BCUT2D eigenvalue weighted by atomic mass is 9.66. The lowest BCUT2D eigenvalue weighted by molar-refractivity contribution is -0.141. The third kappa shape index (κ3) is 5.00. The number of nitrogens with one attached hydrogen (secondary N) is 1. The number of hydrogen-bond donors (Lipinski definition) is 1. The fourth-order valence-corrected chi connectivity index (χ4v) is 4.92. The van der Waals surface area contributed by atoms with Crippen molar-refractivity contribution in [2.75, 3.05) is 5.32 Å². The van der Waals surface area contributed by atoms with E-state index in [1.807, 2.05) is 62.4 Å². The van der Waals surface area contributed by atoms with Gasteiger partial charge in [0.15, 0.2) is 0 Å². The Bertz CT molecular complexity index is 886. The highest BCUT2D eigenvalue weighted by Crippen LogP contribution is 2.44. The first-order valence-corrected chi connectivity index (χ1v) is 11.3. The number of anilines is 1. The summed E-state index contributed by atoms with van der Waals surface area (Å²) in [7, 11) is 0. The topological polar surface area (TPSA) is 49.4 Å². The monoisotopic (exact) mass is 420 g/mol. The Kier molecular flexibility index (Phi) is 6.88. The number of benzene rings is 2. The molecule has 0 saturated heterocycles. The zero-order valence-electron chi connectivity index (χ0n) is 19.6. The molecule has 2 amide bonds. The largest absolute Gasteiger partial charge is 0.326 e. The van der Waals surface area contributed by atoms with Crippen LogP contribution in [0.25, 0.3) is 0 Å². The minimum atomic E-state index is -0.839. The second-order valence-electron chi connectivity index (χ2n) is 10.1. The SMILES string of the molecule is Cc1cccc(C)c1NC(=O)C1(N(C=O)Cc2ccccc2)CCC(C(C)(C)C)CC1. The van der Waals surface area contributed by atoms with Crippen LogP contribution in [0.15, 0.2) is 48.5 Å². The van der Waals surface area contributed by atoms with Gasteiger partial charge < -0.3 is 10.2 Å². The average Bonchev–Trinajstić information content (AvgIpc) is 2.74. The van der Waals surface area contributed by atoms with Gasteiger partial charge in [0.25, 0.3) is 0 Å². The van der Waals surface area contributed by atoms with Crippen LogP contribution in [0, 0.1) is 25.2 Å². The maximum absolute atomic E-state index is 13.8. The predicted molar refractivity (Wildman–Crippen MR) is 127 cm³/mol. The highest BCUT2D eigenvalue weighted by atomic mass is 16.2. The predicted octanol–water partition coefficient (Wildman–Crippen LogP) is 5.88. The van der Waals surface area contributed by atoms with Crippen molar-refractivity contribution in [2.45, 2.75) is 72.4 Å². The molecule has 0 aromatic heterocycles. The standard InChI is InChI=1S/C27H36N2O2/c1-20-10-9-11-21(2)24(20)28-25(31)27(16-14-23(15-17-27)26(3,4)5)29(19-30)18-22-12-7-6-8-13-22/h6-13,19,23H,14-18H2,1-5H3,(H,28,31). The number of nitrogens with zero attached hydrogens (tertiary/aromatic N) is 1. The summed E-state index contributed by atoms with van der Waals surface area (Å²) >= 11 is 0. The second-order valence-corrected chi connectivity index (χ2v) is 10.1. The van der Waals surface area contributed by atoms with Crippen molar-refractivity contribution >= 4 is 18.0 Å². The molecule has 1 aliphatic carbocycles. The normalized spacial score (nSPS) is 21.4. The van der Waals surface area contributed by atoms with Gasteiger partial charge in [0, 0.05) is 12.2 Å². The molecule has 0 unspecified atom stereocenters. The molecule has 1 aliphatic rings. The first-order valence-electron chi connectivity index (χ1n) is 11.3. The van der Waals surface area contributed by atoms with Crippen molar-refractivity contribution in [3.63, 3.8) is 0 Å². The van der Waals surface area contributed by atoms with Crippen molar-refractivity contribution in [1.29, 1.82) is 0 Å². The number of carbonyl (C=O) groups excluding carboxylic acids is 2. The van der Waals surface area contributed by atoms with E-state index < -0.39 is 5.54 Å². The van der Waals surface area contributed by atoms with Crippen molar-refractivity contribution in [1.82, 2.24) is 4.90 Å². The Morgan fingerprint density at radius 3 is 2.13 bits per heavy atom. The van der Waals surface area contributed by atoms with Gasteiger partial charge in [-0.25, -0.2) is 0 Å². The first-order chi connectivity index (χ1) is 14.7. The second kappa shape index (κ2) is 9.25. The Morgan fingerprint density at radius 1 is 1.03 bits per heavy atom. The van der Waals surface area contributed by atoms with Gasteiger partial charge in [0.2, 0.25) is 12.3 Å². The Labute approximate surface area is 187 Å². The molecule has 0 radical (unpaired) electrons. The van der Waals surface area contributed by atoms with Crippen molar-refractivity contribution in [3.8, 4) is 0 Å². The van der Waals surface area contributed by atoms with Crippen LogP contribution in [-0.2, 0) is 16.1 Å². The summed E-state index contributed by atoms with van der Waals surface area (Å²) in [5.41, 5.74) is 3.32. The summed E-state index contributed by atoms with van der Waals surface area (Å²) in [6, 6.07) is 15.9. The van der Waals surface area contributed by atoms with E-state index >= 15 is 0 Å². The zero-order chi connectivity index (χ0) is 22.6. The van der Waals surface area contributed by atoms with E-state index in [9.17, 15) is 9.59 Å². The van der Waals surface area contributed by atoms with Gasteiger partial charge in [0.1, 0.15) is 5.54 Å². The minimum Gasteiger partial charge on any atom is -0.326 e. The highest BCUT2D eigenvalue weighted by Gasteiger charge is 2.48. The fraction of sp³-hybridized carbons (Fsp3) is 0.481. The Morgan fingerprint density at radius 2 is 1.61 bits per heavy atom. The van der Waals surface area contributed by atoms with Gasteiger partial charge in [-0.05, 0) is 67.6 Å². The van der Waals surface area contributed by atoms with Gasteiger partial charge >= 0.3 is 0 Å². The number of hydrogen-bond acceptors (Lipinski definition) is 2. The smallest absolute Gasteiger partial charge is 0.250 e. The minimum absolute atomic E-state index is 0.0692. The van der Waals surface area contributed by atoms with Crippen LogP contribution in [0.4, 0.5) is 5.69 Å². The van der Waals surface area contributed by atoms with Crippen molar-refractivity contribution in [2.24, 2.45) is 11.3 Å². The van der Waals surface area contributed by atoms with Crippen molar-refractivity contribution in [3.05, 3.63) is 65.2 Å². The maximum Gasteiger partial charge on any atom is 0.250 e. The molecule has 2 aromatic carbocycles. The molecule has 1 fully saturated rings. The molecular formula is C27H36N2O2. The molecule has 0 heterocycles. The molecule has 0 aliphatic heterocycles. The number of amides is 2. The molecular weight excluding hydrogens is 384 g/mol. The molecule has 166 valence electrons. The van der Waals surface area contributed by atoms with Gasteiger partial charge in [0.05, 0.1) is 0 Å². The zero-order valence-corrected chi connectivity index (χ0v) is 19.6. The number of aryl methyl sites for hydroxylation is 2. The Hall–Kier alpha value is -2.62. The molecule has 4 heteroatoms. The first kappa shape index (κ1) is 23.1. The van der Waals surface area contributed by atoms with E-state index in [1.165, 1.54) is 0 Å². The van der Waals surface area contributed by atoms with Crippen LogP contribution >= 0.6 is 0 Å². The van der Waals surface area contributed by atoms with Crippen LogP contribution < -0.4 is 5.32 Å². The molecule has 1 saturated carbocycles.